The van der Waals surface area contributed by atoms with E-state index in [1.54, 1.807) is 13.8 Å². The second kappa shape index (κ2) is 6.64. The minimum atomic E-state index is -3.94. The van der Waals surface area contributed by atoms with Gasteiger partial charge in [-0.2, -0.15) is 5.10 Å². The molecule has 0 saturated heterocycles. The van der Waals surface area contributed by atoms with E-state index in [1.807, 2.05) is 0 Å². The molecular weight excluding hydrogens is 274 g/mol. The number of sulfonamides is 1. The van der Waals surface area contributed by atoms with Crippen LogP contribution in [0.1, 0.15) is 30.6 Å². The third kappa shape index (κ3) is 4.01. The molecule has 19 heavy (non-hydrogen) atoms. The number of rotatable bonds is 7. The fourth-order valence-corrected chi connectivity index (χ4v) is 2.41. The molecule has 0 aliphatic carbocycles. The van der Waals surface area contributed by atoms with Gasteiger partial charge < -0.3 is 9.84 Å². The fourth-order valence-electron chi connectivity index (χ4n) is 1.26. The second-order valence-corrected chi connectivity index (χ2v) is 5.45. The molecule has 0 saturated carbocycles. The maximum absolute atomic E-state index is 11.9. The van der Waals surface area contributed by atoms with Crippen molar-refractivity contribution >= 4 is 16.0 Å². The molecule has 0 fully saturated rings. The predicted molar refractivity (Wildman–Crippen MR) is 66.0 cm³/mol. The minimum Gasteiger partial charge on any atom is -0.462 e. The molecule has 1 atom stereocenters. The Kier molecular flexibility index (Phi) is 5.45. The SMILES string of the molecule is CCOC(=O)c1cn[nH]c1S(=O)(=O)NCC(O)CC. The summed E-state index contributed by atoms with van der Waals surface area (Å²) in [5.74, 6) is -0.771. The van der Waals surface area contributed by atoms with Crippen LogP contribution in [0.3, 0.4) is 0 Å². The van der Waals surface area contributed by atoms with Crippen molar-refractivity contribution in [2.45, 2.75) is 31.4 Å². The van der Waals surface area contributed by atoms with E-state index in [-0.39, 0.29) is 23.7 Å². The molecule has 0 amide bonds. The number of carbonyl (C=O) groups excluding carboxylic acids is 1. The van der Waals surface area contributed by atoms with Gasteiger partial charge in [0.1, 0.15) is 5.56 Å². The Morgan fingerprint density at radius 1 is 1.58 bits per heavy atom. The molecule has 0 aliphatic heterocycles. The Hall–Kier alpha value is -1.45. The summed E-state index contributed by atoms with van der Waals surface area (Å²) in [6.07, 6.45) is 0.711. The zero-order chi connectivity index (χ0) is 14.5. The van der Waals surface area contributed by atoms with Crippen LogP contribution in [0.25, 0.3) is 0 Å². The molecule has 0 aromatic carbocycles. The Labute approximate surface area is 111 Å². The molecule has 1 unspecified atom stereocenters. The van der Waals surface area contributed by atoms with Crippen molar-refractivity contribution in [1.29, 1.82) is 0 Å². The number of aromatic amines is 1. The van der Waals surface area contributed by atoms with Gasteiger partial charge in [0, 0.05) is 6.54 Å². The Bertz CT molecular complexity index is 525. The van der Waals surface area contributed by atoms with Crippen LogP contribution in [0, 0.1) is 0 Å². The summed E-state index contributed by atoms with van der Waals surface area (Å²) >= 11 is 0. The van der Waals surface area contributed by atoms with Gasteiger partial charge in [0.05, 0.1) is 18.9 Å². The van der Waals surface area contributed by atoms with Crippen molar-refractivity contribution in [2.24, 2.45) is 0 Å². The number of hydrogen-bond donors (Lipinski definition) is 3. The number of hydrogen-bond acceptors (Lipinski definition) is 6. The van der Waals surface area contributed by atoms with E-state index in [1.165, 1.54) is 0 Å². The number of nitrogens with zero attached hydrogens (tertiary/aromatic N) is 1. The van der Waals surface area contributed by atoms with Crippen LogP contribution in [0.2, 0.25) is 0 Å². The summed E-state index contributed by atoms with van der Waals surface area (Å²) in [5, 5.41) is 14.7. The van der Waals surface area contributed by atoms with Gasteiger partial charge in [0.25, 0.3) is 10.0 Å². The average Bonchev–Trinajstić information content (AvgIpc) is 2.86. The van der Waals surface area contributed by atoms with Gasteiger partial charge in [-0.3, -0.25) is 5.10 Å². The van der Waals surface area contributed by atoms with Crippen LogP contribution in [0.15, 0.2) is 11.2 Å². The van der Waals surface area contributed by atoms with Gasteiger partial charge in [0.15, 0.2) is 5.03 Å². The highest BCUT2D eigenvalue weighted by Crippen LogP contribution is 2.13. The molecular formula is C10H17N3O5S. The van der Waals surface area contributed by atoms with E-state index in [4.69, 9.17) is 4.74 Å². The van der Waals surface area contributed by atoms with E-state index in [9.17, 15) is 18.3 Å². The Morgan fingerprint density at radius 3 is 2.84 bits per heavy atom. The van der Waals surface area contributed by atoms with Gasteiger partial charge in [-0.1, -0.05) is 6.92 Å². The van der Waals surface area contributed by atoms with E-state index in [0.29, 0.717) is 6.42 Å². The van der Waals surface area contributed by atoms with Crippen molar-refractivity contribution in [3.8, 4) is 0 Å². The maximum Gasteiger partial charge on any atom is 0.342 e. The van der Waals surface area contributed by atoms with Gasteiger partial charge >= 0.3 is 5.97 Å². The highest BCUT2D eigenvalue weighted by molar-refractivity contribution is 7.89. The van der Waals surface area contributed by atoms with Crippen LogP contribution in [-0.4, -0.2) is 48.9 Å². The number of esters is 1. The van der Waals surface area contributed by atoms with Crippen LogP contribution < -0.4 is 4.72 Å². The number of H-pyrrole nitrogens is 1. The zero-order valence-corrected chi connectivity index (χ0v) is 11.5. The lowest BCUT2D eigenvalue weighted by molar-refractivity contribution is 0.0522. The first-order valence-electron chi connectivity index (χ1n) is 5.80. The van der Waals surface area contributed by atoms with E-state index in [0.717, 1.165) is 6.20 Å². The zero-order valence-electron chi connectivity index (χ0n) is 10.7. The molecule has 9 heteroatoms. The lowest BCUT2D eigenvalue weighted by Crippen LogP contribution is -2.32. The van der Waals surface area contributed by atoms with Gasteiger partial charge in [0.2, 0.25) is 0 Å². The number of aromatic nitrogens is 2. The smallest absolute Gasteiger partial charge is 0.342 e. The number of aliphatic hydroxyl groups is 1. The quantitative estimate of drug-likeness (QED) is 0.590. The number of nitrogens with one attached hydrogen (secondary N) is 2. The summed E-state index contributed by atoms with van der Waals surface area (Å²) in [4.78, 5) is 11.5. The largest absolute Gasteiger partial charge is 0.462 e. The van der Waals surface area contributed by atoms with Crippen LogP contribution in [-0.2, 0) is 14.8 Å². The van der Waals surface area contributed by atoms with Crippen LogP contribution >= 0.6 is 0 Å². The molecule has 0 spiro atoms. The summed E-state index contributed by atoms with van der Waals surface area (Å²) < 4.78 is 30.8. The standard InChI is InChI=1S/C10H17N3O5S/c1-3-7(14)5-12-19(16,17)9-8(6-11-13-9)10(15)18-4-2/h6-7,12,14H,3-5H2,1-2H3,(H,11,13). The summed E-state index contributed by atoms with van der Waals surface area (Å²) in [6.45, 7) is 3.33. The van der Waals surface area contributed by atoms with Crippen LogP contribution in [0.5, 0.6) is 0 Å². The third-order valence-corrected chi connectivity index (χ3v) is 3.74. The van der Waals surface area contributed by atoms with E-state index in [2.05, 4.69) is 14.9 Å². The molecule has 1 rings (SSSR count). The highest BCUT2D eigenvalue weighted by atomic mass is 32.2. The summed E-state index contributed by atoms with van der Waals surface area (Å²) in [6, 6.07) is 0. The second-order valence-electron chi connectivity index (χ2n) is 3.75. The third-order valence-electron chi connectivity index (χ3n) is 2.35. The predicted octanol–water partition coefficient (Wildman–Crippen LogP) is -0.364. The summed E-state index contributed by atoms with van der Waals surface area (Å²) in [5.41, 5.74) is -0.166. The minimum absolute atomic E-state index is 0.130. The highest BCUT2D eigenvalue weighted by Gasteiger charge is 2.26. The normalized spacial score (nSPS) is 13.2. The van der Waals surface area contributed by atoms with Crippen molar-refractivity contribution < 1.29 is 23.1 Å². The topological polar surface area (TPSA) is 121 Å². The first-order chi connectivity index (χ1) is 8.92. The number of carbonyl (C=O) groups is 1. The first kappa shape index (κ1) is 15.6. The van der Waals surface area contributed by atoms with Crippen molar-refractivity contribution in [2.75, 3.05) is 13.2 Å². The molecule has 1 aromatic heterocycles. The molecule has 108 valence electrons. The lowest BCUT2D eigenvalue weighted by Gasteiger charge is -2.10. The molecule has 0 aliphatic rings. The lowest BCUT2D eigenvalue weighted by atomic mass is 10.3. The number of ether oxygens (including phenoxy) is 1. The Morgan fingerprint density at radius 2 is 2.26 bits per heavy atom. The molecule has 3 N–H and O–H groups in total. The Balaban J connectivity index is 2.90. The average molecular weight is 291 g/mol. The molecule has 0 bridgehead atoms. The van der Waals surface area contributed by atoms with Crippen molar-refractivity contribution in [1.82, 2.24) is 14.9 Å². The molecule has 1 aromatic rings. The molecule has 8 nitrogen and oxygen atoms in total. The fraction of sp³-hybridized carbons (Fsp3) is 0.600. The van der Waals surface area contributed by atoms with Gasteiger partial charge in [-0.25, -0.2) is 17.9 Å². The van der Waals surface area contributed by atoms with Crippen LogP contribution in [0.4, 0.5) is 0 Å². The molecule has 1 heterocycles. The van der Waals surface area contributed by atoms with E-state index >= 15 is 0 Å². The maximum atomic E-state index is 11.9. The van der Waals surface area contributed by atoms with Gasteiger partial charge in [-0.15, -0.1) is 0 Å². The first-order valence-corrected chi connectivity index (χ1v) is 7.28. The van der Waals surface area contributed by atoms with Crippen molar-refractivity contribution in [3.05, 3.63) is 11.8 Å². The molecule has 0 radical (unpaired) electrons. The summed E-state index contributed by atoms with van der Waals surface area (Å²) in [7, 11) is -3.94. The van der Waals surface area contributed by atoms with Crippen molar-refractivity contribution in [3.63, 3.8) is 0 Å². The number of aliphatic hydroxyl groups excluding tert-OH is 1. The van der Waals surface area contributed by atoms with Gasteiger partial charge in [-0.05, 0) is 13.3 Å². The van der Waals surface area contributed by atoms with E-state index < -0.39 is 22.1 Å². The monoisotopic (exact) mass is 291 g/mol.